The quantitative estimate of drug-likeness (QED) is 0.331. The lowest BCUT2D eigenvalue weighted by Gasteiger charge is -1.95. The highest BCUT2D eigenvalue weighted by atomic mass is 16.6. The van der Waals surface area contributed by atoms with Crippen LogP contribution in [0.25, 0.3) is 11.5 Å². The minimum absolute atomic E-state index is 0.00180. The maximum absolute atomic E-state index is 10.6. The zero-order valence-corrected chi connectivity index (χ0v) is 7.65. The van der Waals surface area contributed by atoms with E-state index in [1.165, 1.54) is 0 Å². The van der Waals surface area contributed by atoms with Crippen LogP contribution >= 0.6 is 0 Å². The van der Waals surface area contributed by atoms with Crippen molar-refractivity contribution < 1.29 is 4.92 Å². The molecule has 2 aromatic heterocycles. The summed E-state index contributed by atoms with van der Waals surface area (Å²) in [5.74, 6) is 4.95. The number of rotatable bonds is 3. The monoisotopic (exact) mass is 223 g/mol. The van der Waals surface area contributed by atoms with Crippen molar-refractivity contribution in [1.29, 1.82) is 0 Å². The number of anilines is 1. The van der Waals surface area contributed by atoms with Crippen LogP contribution in [0.2, 0.25) is 0 Å². The van der Waals surface area contributed by atoms with E-state index in [1.54, 1.807) is 0 Å². The molecule has 4 N–H and O–H groups in total. The Morgan fingerprint density at radius 3 is 2.62 bits per heavy atom. The first-order valence-electron chi connectivity index (χ1n) is 3.95. The van der Waals surface area contributed by atoms with Crippen LogP contribution in [0, 0.1) is 10.1 Å². The molecular weight excluding hydrogens is 218 g/mol. The fraction of sp³-hybridized carbons (Fsp3) is 0. The van der Waals surface area contributed by atoms with E-state index >= 15 is 0 Å². The number of nitro groups is 1. The van der Waals surface area contributed by atoms with Crippen molar-refractivity contribution >= 4 is 11.6 Å². The Hall–Kier alpha value is -2.69. The predicted octanol–water partition coefficient (Wildman–Crippen LogP) is -1.15. The van der Waals surface area contributed by atoms with Gasteiger partial charge in [-0.3, -0.25) is 20.6 Å². The molecule has 0 spiro atoms. The molecule has 0 saturated heterocycles. The molecule has 11 nitrogen and oxygen atoms in total. The third-order valence-electron chi connectivity index (χ3n) is 1.64. The number of nitrogens with one attached hydrogen (secondary N) is 2. The molecule has 0 aliphatic heterocycles. The van der Waals surface area contributed by atoms with E-state index in [0.29, 0.717) is 0 Å². The molecule has 82 valence electrons. The van der Waals surface area contributed by atoms with Crippen molar-refractivity contribution in [3.8, 4) is 11.5 Å². The van der Waals surface area contributed by atoms with E-state index in [9.17, 15) is 10.1 Å². The Bertz CT molecular complexity index is 505. The average Bonchev–Trinajstić information content (AvgIpc) is 2.78. The van der Waals surface area contributed by atoms with Gasteiger partial charge in [-0.25, -0.2) is 5.84 Å². The van der Waals surface area contributed by atoms with Gasteiger partial charge in [0.25, 0.3) is 5.95 Å². The summed E-state index contributed by atoms with van der Waals surface area (Å²) >= 11 is 0. The van der Waals surface area contributed by atoms with Gasteiger partial charge in [0.1, 0.15) is 6.20 Å². The Morgan fingerprint density at radius 1 is 1.38 bits per heavy atom. The van der Waals surface area contributed by atoms with Crippen LogP contribution < -0.4 is 11.3 Å². The topological polar surface area (TPSA) is 161 Å². The first kappa shape index (κ1) is 9.85. The molecule has 0 aromatic carbocycles. The van der Waals surface area contributed by atoms with Gasteiger partial charge in [-0.2, -0.15) is 5.10 Å². The summed E-state index contributed by atoms with van der Waals surface area (Å²) in [6.07, 6.45) is 1.12. The summed E-state index contributed by atoms with van der Waals surface area (Å²) in [5.41, 5.74) is 1.84. The third-order valence-corrected chi connectivity index (χ3v) is 1.64. The lowest BCUT2D eigenvalue weighted by molar-refractivity contribution is -0.384. The van der Waals surface area contributed by atoms with Crippen LogP contribution in [0.15, 0.2) is 6.20 Å². The number of nitrogens with zero attached hydrogens (tertiary/aromatic N) is 6. The molecule has 2 aromatic rings. The maximum atomic E-state index is 10.6. The standard InChI is InChI=1S/C5H5N9O2/c6-8-5-12-10-4(11-13-5)3-2(14(15)16)1-7-9-3/h1H,6H2,(H,7,9)(H,8,12,13). The molecule has 0 unspecified atom stereocenters. The molecule has 16 heavy (non-hydrogen) atoms. The molecular formula is C5H5N9O2. The van der Waals surface area contributed by atoms with Crippen molar-refractivity contribution in [2.75, 3.05) is 5.43 Å². The van der Waals surface area contributed by atoms with Gasteiger partial charge in [-0.15, -0.1) is 20.4 Å². The second-order valence-electron chi connectivity index (χ2n) is 2.57. The van der Waals surface area contributed by atoms with Crippen molar-refractivity contribution in [1.82, 2.24) is 30.6 Å². The fourth-order valence-electron chi connectivity index (χ4n) is 0.969. The molecule has 0 radical (unpaired) electrons. The number of H-pyrrole nitrogens is 1. The van der Waals surface area contributed by atoms with Crippen molar-refractivity contribution in [3.05, 3.63) is 16.3 Å². The second-order valence-corrected chi connectivity index (χ2v) is 2.57. The Kier molecular flexibility index (Phi) is 2.35. The number of hydrazine groups is 1. The highest BCUT2D eigenvalue weighted by molar-refractivity contribution is 5.61. The van der Waals surface area contributed by atoms with Gasteiger partial charge in [0, 0.05) is 0 Å². The number of aromatic amines is 1. The summed E-state index contributed by atoms with van der Waals surface area (Å²) in [6, 6.07) is 0. The van der Waals surface area contributed by atoms with Crippen molar-refractivity contribution in [3.63, 3.8) is 0 Å². The van der Waals surface area contributed by atoms with Crippen LogP contribution in [0.1, 0.15) is 0 Å². The summed E-state index contributed by atoms with van der Waals surface area (Å²) in [6.45, 7) is 0. The molecule has 2 rings (SSSR count). The summed E-state index contributed by atoms with van der Waals surface area (Å²) in [5, 5.41) is 30.8. The molecule has 0 aliphatic carbocycles. The number of nitrogen functional groups attached to an aromatic ring is 1. The zero-order chi connectivity index (χ0) is 11.5. The van der Waals surface area contributed by atoms with Crippen LogP contribution in [0.4, 0.5) is 11.6 Å². The van der Waals surface area contributed by atoms with Crippen molar-refractivity contribution in [2.24, 2.45) is 5.84 Å². The first-order valence-corrected chi connectivity index (χ1v) is 3.95. The Labute approximate surface area is 87.2 Å². The lowest BCUT2D eigenvalue weighted by atomic mass is 10.3. The zero-order valence-electron chi connectivity index (χ0n) is 7.65. The van der Waals surface area contributed by atoms with E-state index in [0.717, 1.165) is 6.20 Å². The number of hydrogen-bond acceptors (Lipinski definition) is 9. The van der Waals surface area contributed by atoms with Gasteiger partial charge in [-0.1, -0.05) is 0 Å². The van der Waals surface area contributed by atoms with Crippen molar-refractivity contribution in [2.45, 2.75) is 0 Å². The minimum Gasteiger partial charge on any atom is -0.290 e. The molecule has 0 amide bonds. The van der Waals surface area contributed by atoms with Gasteiger partial charge in [0.15, 0.2) is 0 Å². The van der Waals surface area contributed by atoms with Gasteiger partial charge in [0.05, 0.1) is 4.92 Å². The van der Waals surface area contributed by atoms with E-state index in [-0.39, 0.29) is 23.2 Å². The minimum atomic E-state index is -0.614. The summed E-state index contributed by atoms with van der Waals surface area (Å²) in [4.78, 5) is 9.98. The van der Waals surface area contributed by atoms with Gasteiger partial charge in [-0.05, 0) is 0 Å². The smallest absolute Gasteiger partial charge is 0.290 e. The maximum Gasteiger partial charge on any atom is 0.318 e. The lowest BCUT2D eigenvalue weighted by Crippen LogP contribution is -2.12. The summed E-state index contributed by atoms with van der Waals surface area (Å²) in [7, 11) is 0. The van der Waals surface area contributed by atoms with Crippen LogP contribution in [0.3, 0.4) is 0 Å². The van der Waals surface area contributed by atoms with Crippen LogP contribution in [-0.4, -0.2) is 35.5 Å². The van der Waals surface area contributed by atoms with Crippen LogP contribution in [-0.2, 0) is 0 Å². The highest BCUT2D eigenvalue weighted by Gasteiger charge is 2.21. The van der Waals surface area contributed by atoms with Gasteiger partial charge >= 0.3 is 5.69 Å². The Balaban J connectivity index is 2.42. The number of hydrogen-bond donors (Lipinski definition) is 3. The highest BCUT2D eigenvalue weighted by Crippen LogP contribution is 2.22. The molecule has 2 heterocycles. The molecule has 11 heteroatoms. The molecule has 0 aliphatic rings. The fourth-order valence-corrected chi connectivity index (χ4v) is 0.969. The van der Waals surface area contributed by atoms with Crippen LogP contribution in [0.5, 0.6) is 0 Å². The van der Waals surface area contributed by atoms with E-state index in [1.807, 2.05) is 0 Å². The molecule has 0 fully saturated rings. The Morgan fingerprint density at radius 2 is 2.06 bits per heavy atom. The van der Waals surface area contributed by atoms with Gasteiger partial charge < -0.3 is 0 Å². The SMILES string of the molecule is NNc1nnc(-c2n[nH]cc2[N+](=O)[O-])nn1. The number of aromatic nitrogens is 6. The van der Waals surface area contributed by atoms with E-state index in [4.69, 9.17) is 5.84 Å². The summed E-state index contributed by atoms with van der Waals surface area (Å²) < 4.78 is 0. The largest absolute Gasteiger partial charge is 0.318 e. The average molecular weight is 223 g/mol. The predicted molar refractivity (Wildman–Crippen MR) is 49.7 cm³/mol. The molecule has 0 bridgehead atoms. The number of nitrogens with two attached hydrogens (primary N) is 1. The molecule has 0 atom stereocenters. The first-order chi connectivity index (χ1) is 7.72. The van der Waals surface area contributed by atoms with Gasteiger partial charge in [0.2, 0.25) is 11.5 Å². The van der Waals surface area contributed by atoms with E-state index in [2.05, 4.69) is 36.0 Å². The normalized spacial score (nSPS) is 10.1. The third kappa shape index (κ3) is 1.61. The van der Waals surface area contributed by atoms with E-state index < -0.39 is 4.92 Å². The molecule has 0 saturated carbocycles. The second kappa shape index (κ2) is 3.82.